The average molecular weight is 204 g/mol. The van der Waals surface area contributed by atoms with Crippen molar-refractivity contribution >= 4 is 0 Å². The van der Waals surface area contributed by atoms with Gasteiger partial charge in [-0.05, 0) is 24.1 Å². The minimum absolute atomic E-state index is 0.0322. The standard InChI is InChI=1S/C9H11F3N2/c1-6(4-13)7-2-3-8(14-5-7)9(10,11)12/h2-3,5-6H,4,13H2,1H3/t6-/m1/s1. The number of nitrogens with zero attached hydrogens (tertiary/aromatic N) is 1. The number of alkyl halides is 3. The van der Waals surface area contributed by atoms with Gasteiger partial charge in [0.05, 0.1) is 0 Å². The summed E-state index contributed by atoms with van der Waals surface area (Å²) in [6.45, 7) is 2.23. The van der Waals surface area contributed by atoms with E-state index in [0.29, 0.717) is 6.54 Å². The SMILES string of the molecule is C[C@H](CN)c1ccc(C(F)(F)F)nc1. The highest BCUT2D eigenvalue weighted by molar-refractivity contribution is 5.19. The highest BCUT2D eigenvalue weighted by Crippen LogP contribution is 2.27. The Balaban J connectivity index is 2.89. The fourth-order valence-corrected chi connectivity index (χ4v) is 1.00. The summed E-state index contributed by atoms with van der Waals surface area (Å²) in [6, 6.07) is 2.38. The van der Waals surface area contributed by atoms with Crippen LogP contribution in [0.1, 0.15) is 24.1 Å². The first-order chi connectivity index (χ1) is 6.45. The summed E-state index contributed by atoms with van der Waals surface area (Å²) in [7, 11) is 0. The molecule has 2 nitrogen and oxygen atoms in total. The minimum atomic E-state index is -4.37. The van der Waals surface area contributed by atoms with E-state index in [4.69, 9.17) is 5.73 Å². The van der Waals surface area contributed by atoms with Crippen LogP contribution in [-0.4, -0.2) is 11.5 Å². The quantitative estimate of drug-likeness (QED) is 0.801. The first-order valence-electron chi connectivity index (χ1n) is 4.18. The van der Waals surface area contributed by atoms with Crippen molar-refractivity contribution in [1.29, 1.82) is 0 Å². The van der Waals surface area contributed by atoms with Gasteiger partial charge in [-0.25, -0.2) is 0 Å². The Labute approximate surface area is 79.9 Å². The van der Waals surface area contributed by atoms with Gasteiger partial charge in [-0.3, -0.25) is 4.98 Å². The van der Waals surface area contributed by atoms with Crippen molar-refractivity contribution in [1.82, 2.24) is 4.98 Å². The maximum absolute atomic E-state index is 12.1. The molecule has 1 aromatic heterocycles. The van der Waals surface area contributed by atoms with Gasteiger partial charge < -0.3 is 5.73 Å². The van der Waals surface area contributed by atoms with E-state index < -0.39 is 11.9 Å². The number of halogens is 3. The molecule has 0 amide bonds. The number of nitrogens with two attached hydrogens (primary N) is 1. The Bertz CT molecular complexity index is 292. The van der Waals surface area contributed by atoms with Crippen LogP contribution in [0.15, 0.2) is 18.3 Å². The van der Waals surface area contributed by atoms with Crippen molar-refractivity contribution in [3.8, 4) is 0 Å². The molecule has 1 rings (SSSR count). The Morgan fingerprint density at radius 3 is 2.43 bits per heavy atom. The topological polar surface area (TPSA) is 38.9 Å². The molecule has 2 N–H and O–H groups in total. The maximum atomic E-state index is 12.1. The molecule has 0 aliphatic rings. The summed E-state index contributed by atoms with van der Waals surface area (Å²) < 4.78 is 36.3. The molecule has 0 spiro atoms. The van der Waals surface area contributed by atoms with Crippen molar-refractivity contribution in [2.24, 2.45) is 5.73 Å². The van der Waals surface area contributed by atoms with Crippen molar-refractivity contribution in [2.45, 2.75) is 19.0 Å². The van der Waals surface area contributed by atoms with E-state index in [0.717, 1.165) is 11.6 Å². The molecule has 0 aliphatic heterocycles. The molecule has 0 radical (unpaired) electrons. The molecule has 14 heavy (non-hydrogen) atoms. The fourth-order valence-electron chi connectivity index (χ4n) is 1.00. The average Bonchev–Trinajstić information content (AvgIpc) is 2.15. The largest absolute Gasteiger partial charge is 0.433 e. The second-order valence-corrected chi connectivity index (χ2v) is 3.11. The number of hydrogen-bond acceptors (Lipinski definition) is 2. The number of hydrogen-bond donors (Lipinski definition) is 1. The van der Waals surface area contributed by atoms with Crippen LogP contribution >= 0.6 is 0 Å². The van der Waals surface area contributed by atoms with Crippen LogP contribution in [0.5, 0.6) is 0 Å². The van der Waals surface area contributed by atoms with Gasteiger partial charge in [0, 0.05) is 6.20 Å². The molecule has 0 bridgehead atoms. The highest BCUT2D eigenvalue weighted by atomic mass is 19.4. The third-order valence-corrected chi connectivity index (χ3v) is 2.00. The van der Waals surface area contributed by atoms with Gasteiger partial charge in [0.25, 0.3) is 0 Å². The lowest BCUT2D eigenvalue weighted by Gasteiger charge is -2.10. The number of rotatable bonds is 2. The maximum Gasteiger partial charge on any atom is 0.433 e. The summed E-state index contributed by atoms with van der Waals surface area (Å²) in [6.07, 6.45) is -3.15. The lowest BCUT2D eigenvalue weighted by molar-refractivity contribution is -0.141. The van der Waals surface area contributed by atoms with E-state index in [9.17, 15) is 13.2 Å². The Morgan fingerprint density at radius 2 is 2.07 bits per heavy atom. The molecule has 78 valence electrons. The molecule has 0 fully saturated rings. The van der Waals surface area contributed by atoms with Crippen LogP contribution in [0.3, 0.4) is 0 Å². The molecule has 5 heteroatoms. The summed E-state index contributed by atoms with van der Waals surface area (Å²) in [4.78, 5) is 3.34. The Morgan fingerprint density at radius 1 is 1.43 bits per heavy atom. The molecule has 1 heterocycles. The van der Waals surface area contributed by atoms with Crippen LogP contribution in [0.4, 0.5) is 13.2 Å². The molecular weight excluding hydrogens is 193 g/mol. The van der Waals surface area contributed by atoms with E-state index in [-0.39, 0.29) is 5.92 Å². The van der Waals surface area contributed by atoms with Gasteiger partial charge in [-0.2, -0.15) is 13.2 Å². The highest BCUT2D eigenvalue weighted by Gasteiger charge is 2.32. The van der Waals surface area contributed by atoms with Gasteiger partial charge in [-0.1, -0.05) is 13.0 Å². The van der Waals surface area contributed by atoms with Crippen molar-refractivity contribution in [3.63, 3.8) is 0 Å². The van der Waals surface area contributed by atoms with E-state index in [2.05, 4.69) is 4.98 Å². The first kappa shape index (κ1) is 11.0. The summed E-state index contributed by atoms with van der Waals surface area (Å²) in [5.74, 6) is 0.0322. The van der Waals surface area contributed by atoms with Crippen molar-refractivity contribution < 1.29 is 13.2 Å². The van der Waals surface area contributed by atoms with E-state index in [1.165, 1.54) is 12.3 Å². The Kier molecular flexibility index (Phi) is 3.10. The molecular formula is C9H11F3N2. The van der Waals surface area contributed by atoms with Crippen LogP contribution < -0.4 is 5.73 Å². The molecule has 1 atom stereocenters. The molecule has 0 aromatic carbocycles. The molecule has 0 saturated heterocycles. The predicted molar refractivity (Wildman–Crippen MR) is 46.7 cm³/mol. The lowest BCUT2D eigenvalue weighted by atomic mass is 10.0. The van der Waals surface area contributed by atoms with E-state index >= 15 is 0 Å². The van der Waals surface area contributed by atoms with Gasteiger partial charge in [0.15, 0.2) is 0 Å². The van der Waals surface area contributed by atoms with Crippen LogP contribution in [0.2, 0.25) is 0 Å². The van der Waals surface area contributed by atoms with Crippen molar-refractivity contribution in [3.05, 3.63) is 29.6 Å². The lowest BCUT2D eigenvalue weighted by Crippen LogP contribution is -2.11. The van der Waals surface area contributed by atoms with Gasteiger partial charge >= 0.3 is 6.18 Å². The first-order valence-corrected chi connectivity index (χ1v) is 4.18. The zero-order valence-electron chi connectivity index (χ0n) is 7.67. The van der Waals surface area contributed by atoms with Crippen LogP contribution in [0.25, 0.3) is 0 Å². The number of aromatic nitrogens is 1. The third-order valence-electron chi connectivity index (χ3n) is 2.00. The predicted octanol–water partition coefficient (Wildman–Crippen LogP) is 2.16. The van der Waals surface area contributed by atoms with E-state index in [1.54, 1.807) is 0 Å². The molecule has 0 aliphatic carbocycles. The Hall–Kier alpha value is -1.10. The monoisotopic (exact) mass is 204 g/mol. The van der Waals surface area contributed by atoms with E-state index in [1.807, 2.05) is 6.92 Å². The zero-order chi connectivity index (χ0) is 10.8. The molecule has 0 saturated carbocycles. The minimum Gasteiger partial charge on any atom is -0.330 e. The second-order valence-electron chi connectivity index (χ2n) is 3.11. The molecule has 0 unspecified atom stereocenters. The molecule has 1 aromatic rings. The second kappa shape index (κ2) is 3.96. The zero-order valence-corrected chi connectivity index (χ0v) is 7.67. The van der Waals surface area contributed by atoms with Gasteiger partial charge in [0.1, 0.15) is 5.69 Å². The normalized spacial score (nSPS) is 14.1. The van der Waals surface area contributed by atoms with Crippen molar-refractivity contribution in [2.75, 3.05) is 6.54 Å². The van der Waals surface area contributed by atoms with Crippen LogP contribution in [-0.2, 0) is 6.18 Å². The van der Waals surface area contributed by atoms with Gasteiger partial charge in [-0.15, -0.1) is 0 Å². The fraction of sp³-hybridized carbons (Fsp3) is 0.444. The van der Waals surface area contributed by atoms with Gasteiger partial charge in [0.2, 0.25) is 0 Å². The summed E-state index contributed by atoms with van der Waals surface area (Å²) in [5.41, 5.74) is 5.23. The van der Waals surface area contributed by atoms with Crippen LogP contribution in [0, 0.1) is 0 Å². The summed E-state index contributed by atoms with van der Waals surface area (Å²) in [5, 5.41) is 0. The third kappa shape index (κ3) is 2.45. The number of pyridine rings is 1. The smallest absolute Gasteiger partial charge is 0.330 e. The summed E-state index contributed by atoms with van der Waals surface area (Å²) >= 11 is 0.